The van der Waals surface area contributed by atoms with E-state index in [9.17, 15) is 0 Å². The van der Waals surface area contributed by atoms with Crippen LogP contribution in [0.1, 0.15) is 0 Å². The molecule has 50 valence electrons. The van der Waals surface area contributed by atoms with Gasteiger partial charge in [-0.05, 0) is 12.2 Å². The van der Waals surface area contributed by atoms with Crippen LogP contribution >= 0.6 is 24.0 Å². The molecule has 0 radical (unpaired) electrons. The molecule has 0 aromatic rings. The summed E-state index contributed by atoms with van der Waals surface area (Å²) in [6.45, 7) is 0. The van der Waals surface area contributed by atoms with E-state index < -0.39 is 0 Å². The fraction of sp³-hybridized carbons (Fsp3) is 0.800. The van der Waals surface area contributed by atoms with Crippen LogP contribution in [0.5, 0.6) is 0 Å². The van der Waals surface area contributed by atoms with E-state index in [1.54, 1.807) is 0 Å². The van der Waals surface area contributed by atoms with Gasteiger partial charge in [0.05, 0.1) is 12.1 Å². The van der Waals surface area contributed by atoms with Gasteiger partial charge in [0.2, 0.25) is 0 Å². The molecule has 2 atom stereocenters. The summed E-state index contributed by atoms with van der Waals surface area (Å²) >= 11 is 6.93. The first-order valence-corrected chi connectivity index (χ1v) is 4.57. The summed E-state index contributed by atoms with van der Waals surface area (Å²) in [6.07, 6.45) is 0. The molecule has 2 aliphatic heterocycles. The van der Waals surface area contributed by atoms with Gasteiger partial charge in [0.1, 0.15) is 0 Å². The van der Waals surface area contributed by atoms with Crippen LogP contribution in [0, 0.1) is 0 Å². The fourth-order valence-corrected chi connectivity index (χ4v) is 2.80. The Morgan fingerprint density at radius 1 is 1.33 bits per heavy atom. The van der Waals surface area contributed by atoms with Crippen molar-refractivity contribution in [2.45, 2.75) is 12.1 Å². The highest BCUT2D eigenvalue weighted by Crippen LogP contribution is 2.20. The first-order valence-electron chi connectivity index (χ1n) is 3.01. The summed E-state index contributed by atoms with van der Waals surface area (Å²) in [5.41, 5.74) is 0. The van der Waals surface area contributed by atoms with Crippen molar-refractivity contribution in [1.29, 1.82) is 0 Å². The van der Waals surface area contributed by atoms with Crippen LogP contribution in [0.3, 0.4) is 0 Å². The van der Waals surface area contributed by atoms with Gasteiger partial charge < -0.3 is 10.6 Å². The molecular weight excluding hydrogens is 152 g/mol. The van der Waals surface area contributed by atoms with Gasteiger partial charge in [-0.3, -0.25) is 0 Å². The van der Waals surface area contributed by atoms with Crippen molar-refractivity contribution in [1.82, 2.24) is 10.6 Å². The van der Waals surface area contributed by atoms with Crippen molar-refractivity contribution < 1.29 is 0 Å². The fourth-order valence-electron chi connectivity index (χ4n) is 1.22. The maximum Gasteiger partial charge on any atom is 0.166 e. The number of hydrogen-bond donors (Lipinski definition) is 2. The van der Waals surface area contributed by atoms with Gasteiger partial charge in [-0.1, -0.05) is 0 Å². The second-order valence-corrected chi connectivity index (χ2v) is 3.85. The maximum absolute atomic E-state index is 4.94. The molecule has 0 aromatic carbocycles. The van der Waals surface area contributed by atoms with Crippen LogP contribution in [-0.2, 0) is 0 Å². The first kappa shape index (κ1) is 5.80. The van der Waals surface area contributed by atoms with Crippen LogP contribution in [0.4, 0.5) is 0 Å². The van der Waals surface area contributed by atoms with E-state index in [4.69, 9.17) is 12.2 Å². The molecule has 2 nitrogen and oxygen atoms in total. The Bertz CT molecular complexity index is 134. The Balaban J connectivity index is 2.09. The first-order chi connectivity index (χ1) is 4.36. The number of nitrogens with one attached hydrogen (secondary N) is 2. The summed E-state index contributed by atoms with van der Waals surface area (Å²) in [7, 11) is 0. The average Bonchev–Trinajstić information content (AvgIpc) is 2.22. The smallest absolute Gasteiger partial charge is 0.166 e. The van der Waals surface area contributed by atoms with E-state index in [2.05, 4.69) is 10.6 Å². The molecule has 0 amide bonds. The third-order valence-electron chi connectivity index (χ3n) is 1.71. The molecule has 2 unspecified atom stereocenters. The Morgan fingerprint density at radius 2 is 1.89 bits per heavy atom. The molecule has 2 heterocycles. The second kappa shape index (κ2) is 2.02. The lowest BCUT2D eigenvalue weighted by molar-refractivity contribution is 0.620. The topological polar surface area (TPSA) is 24.1 Å². The van der Waals surface area contributed by atoms with E-state index in [1.165, 1.54) is 11.5 Å². The van der Waals surface area contributed by atoms with Crippen LogP contribution in [-0.4, -0.2) is 28.7 Å². The van der Waals surface area contributed by atoms with Crippen molar-refractivity contribution in [3.63, 3.8) is 0 Å². The van der Waals surface area contributed by atoms with Crippen LogP contribution < -0.4 is 10.6 Å². The van der Waals surface area contributed by atoms with Crippen LogP contribution in [0.15, 0.2) is 0 Å². The zero-order chi connectivity index (χ0) is 6.27. The lowest BCUT2D eigenvalue weighted by atomic mass is 10.2. The zero-order valence-electron chi connectivity index (χ0n) is 4.89. The number of fused-ring (bicyclic) bond motifs is 1. The van der Waals surface area contributed by atoms with E-state index in [1.807, 2.05) is 11.8 Å². The SMILES string of the molecule is S=C1NC2CSCC2N1. The van der Waals surface area contributed by atoms with Gasteiger partial charge in [-0.15, -0.1) is 0 Å². The molecule has 4 heteroatoms. The lowest BCUT2D eigenvalue weighted by Gasteiger charge is -2.03. The van der Waals surface area contributed by atoms with Crippen molar-refractivity contribution >= 4 is 29.1 Å². The highest BCUT2D eigenvalue weighted by Gasteiger charge is 2.33. The Labute approximate surface area is 63.8 Å². The molecule has 2 saturated heterocycles. The van der Waals surface area contributed by atoms with Crippen molar-refractivity contribution in [3.8, 4) is 0 Å². The number of rotatable bonds is 0. The largest absolute Gasteiger partial charge is 0.357 e. The lowest BCUT2D eigenvalue weighted by Crippen LogP contribution is -2.31. The zero-order valence-corrected chi connectivity index (χ0v) is 6.52. The molecule has 9 heavy (non-hydrogen) atoms. The van der Waals surface area contributed by atoms with E-state index in [0.717, 1.165) is 5.11 Å². The number of thiocarbonyl (C=S) groups is 1. The summed E-state index contributed by atoms with van der Waals surface area (Å²) < 4.78 is 0. The number of thioether (sulfide) groups is 1. The van der Waals surface area contributed by atoms with Gasteiger partial charge in [-0.2, -0.15) is 11.8 Å². The van der Waals surface area contributed by atoms with Gasteiger partial charge in [0.15, 0.2) is 5.11 Å². The molecule has 0 saturated carbocycles. The van der Waals surface area contributed by atoms with E-state index in [0.29, 0.717) is 12.1 Å². The molecule has 0 aromatic heterocycles. The monoisotopic (exact) mass is 160 g/mol. The summed E-state index contributed by atoms with van der Waals surface area (Å²) in [5, 5.41) is 7.27. The Morgan fingerprint density at radius 3 is 2.44 bits per heavy atom. The second-order valence-electron chi connectivity index (χ2n) is 2.37. The third kappa shape index (κ3) is 0.901. The molecule has 2 aliphatic rings. The molecule has 0 spiro atoms. The highest BCUT2D eigenvalue weighted by atomic mass is 32.2. The Kier molecular flexibility index (Phi) is 1.30. The molecule has 2 rings (SSSR count). The van der Waals surface area contributed by atoms with Crippen molar-refractivity contribution in [3.05, 3.63) is 0 Å². The quantitative estimate of drug-likeness (QED) is 0.485. The van der Waals surface area contributed by atoms with Crippen molar-refractivity contribution in [2.75, 3.05) is 11.5 Å². The Hall–Kier alpha value is 0.0400. The van der Waals surface area contributed by atoms with Crippen LogP contribution in [0.25, 0.3) is 0 Å². The standard InChI is InChI=1S/C5H8N2S2/c8-5-6-3-1-9-2-4(3)7-5/h3-4H,1-2H2,(H2,6,7,8). The predicted molar refractivity (Wildman–Crippen MR) is 43.8 cm³/mol. The van der Waals surface area contributed by atoms with Gasteiger partial charge in [0.25, 0.3) is 0 Å². The highest BCUT2D eigenvalue weighted by molar-refractivity contribution is 7.99. The molecule has 2 fully saturated rings. The maximum atomic E-state index is 4.94. The van der Waals surface area contributed by atoms with Gasteiger partial charge in [-0.25, -0.2) is 0 Å². The third-order valence-corrected chi connectivity index (χ3v) is 3.14. The number of hydrogen-bond acceptors (Lipinski definition) is 2. The summed E-state index contributed by atoms with van der Waals surface area (Å²) in [4.78, 5) is 0. The van der Waals surface area contributed by atoms with E-state index in [-0.39, 0.29) is 0 Å². The average molecular weight is 160 g/mol. The van der Waals surface area contributed by atoms with Crippen molar-refractivity contribution in [2.24, 2.45) is 0 Å². The van der Waals surface area contributed by atoms with Crippen LogP contribution in [0.2, 0.25) is 0 Å². The minimum atomic E-state index is 0.613. The van der Waals surface area contributed by atoms with Gasteiger partial charge >= 0.3 is 0 Å². The van der Waals surface area contributed by atoms with Gasteiger partial charge in [0, 0.05) is 11.5 Å². The summed E-state index contributed by atoms with van der Waals surface area (Å²) in [5.74, 6) is 2.41. The minimum Gasteiger partial charge on any atom is -0.357 e. The minimum absolute atomic E-state index is 0.613. The molecule has 2 N–H and O–H groups in total. The normalized spacial score (nSPS) is 39.8. The molecular formula is C5H8N2S2. The molecule has 0 aliphatic carbocycles. The summed E-state index contributed by atoms with van der Waals surface area (Å²) in [6, 6.07) is 1.23. The predicted octanol–water partition coefficient (Wildman–Crippen LogP) is -0.0519. The molecule has 0 bridgehead atoms. The van der Waals surface area contributed by atoms with E-state index >= 15 is 0 Å².